The predicted octanol–water partition coefficient (Wildman–Crippen LogP) is 5.86. The number of amides is 1. The molecule has 190 valence electrons. The first-order valence-corrected chi connectivity index (χ1v) is 12.4. The Morgan fingerprint density at radius 1 is 0.917 bits per heavy atom. The van der Waals surface area contributed by atoms with Crippen LogP contribution < -0.4 is 14.5 Å². The molecule has 0 spiro atoms. The van der Waals surface area contributed by atoms with Crippen LogP contribution in [0.25, 0.3) is 10.8 Å². The molecule has 0 unspecified atom stereocenters. The predicted molar refractivity (Wildman–Crippen MR) is 136 cm³/mol. The smallest absolute Gasteiger partial charge is 0.389 e. The number of carbonyl (C=O) groups is 1. The number of benzene rings is 3. The normalized spacial score (nSPS) is 16.6. The van der Waals surface area contributed by atoms with Gasteiger partial charge >= 0.3 is 6.18 Å². The van der Waals surface area contributed by atoms with Crippen molar-refractivity contribution in [3.05, 3.63) is 65.7 Å². The fourth-order valence-corrected chi connectivity index (χ4v) is 5.32. The summed E-state index contributed by atoms with van der Waals surface area (Å²) in [5.74, 6) is 0.771. The molecule has 0 atom stereocenters. The highest BCUT2D eigenvalue weighted by molar-refractivity contribution is 6.26. The quantitative estimate of drug-likeness (QED) is 0.410. The number of carbonyl (C=O) groups excluding carboxylic acids is 1. The molecule has 1 fully saturated rings. The lowest BCUT2D eigenvalue weighted by atomic mass is 10.0. The lowest BCUT2D eigenvalue weighted by Crippen LogP contribution is -2.31. The largest absolute Gasteiger partial charge is 0.497 e. The van der Waals surface area contributed by atoms with E-state index in [-0.39, 0.29) is 12.3 Å². The molecular weight excluding hydrogens is 467 g/mol. The Morgan fingerprint density at radius 3 is 2.44 bits per heavy atom. The maximum Gasteiger partial charge on any atom is 0.389 e. The van der Waals surface area contributed by atoms with Crippen molar-refractivity contribution in [2.75, 3.05) is 49.6 Å². The van der Waals surface area contributed by atoms with Gasteiger partial charge in [0.05, 0.1) is 19.3 Å². The van der Waals surface area contributed by atoms with Crippen molar-refractivity contribution in [3.63, 3.8) is 0 Å². The van der Waals surface area contributed by atoms with E-state index in [2.05, 4.69) is 21.9 Å². The zero-order chi connectivity index (χ0) is 25.3. The van der Waals surface area contributed by atoms with Gasteiger partial charge in [0.2, 0.25) is 0 Å². The van der Waals surface area contributed by atoms with Gasteiger partial charge in [0.15, 0.2) is 0 Å². The molecule has 0 aliphatic carbocycles. The summed E-state index contributed by atoms with van der Waals surface area (Å²) in [6.07, 6.45) is -3.81. The second-order valence-corrected chi connectivity index (χ2v) is 9.47. The van der Waals surface area contributed by atoms with Crippen molar-refractivity contribution in [3.8, 4) is 5.75 Å². The molecule has 0 bridgehead atoms. The Labute approximate surface area is 209 Å². The monoisotopic (exact) mass is 497 g/mol. The molecular formula is C28H30F3N3O2. The molecule has 0 aromatic heterocycles. The van der Waals surface area contributed by atoms with Crippen molar-refractivity contribution >= 4 is 28.1 Å². The Hall–Kier alpha value is -3.26. The van der Waals surface area contributed by atoms with Crippen LogP contribution in [0.4, 0.5) is 24.5 Å². The van der Waals surface area contributed by atoms with Crippen LogP contribution in [-0.2, 0) is 6.54 Å². The van der Waals surface area contributed by atoms with Crippen LogP contribution in [0.3, 0.4) is 0 Å². The number of alkyl halides is 3. The summed E-state index contributed by atoms with van der Waals surface area (Å²) in [5, 5.41) is 2.01. The van der Waals surface area contributed by atoms with Crippen LogP contribution in [0.2, 0.25) is 0 Å². The minimum Gasteiger partial charge on any atom is -0.497 e. The molecule has 5 rings (SSSR count). The third-order valence-corrected chi connectivity index (χ3v) is 7.13. The molecule has 3 aromatic carbocycles. The number of nitrogens with zero attached hydrogens (tertiary/aromatic N) is 3. The van der Waals surface area contributed by atoms with Crippen LogP contribution in [-0.4, -0.2) is 56.8 Å². The van der Waals surface area contributed by atoms with Crippen molar-refractivity contribution in [2.24, 2.45) is 0 Å². The summed E-state index contributed by atoms with van der Waals surface area (Å²) < 4.78 is 42.9. The second kappa shape index (κ2) is 10.0. The number of hydrogen-bond acceptors (Lipinski definition) is 4. The highest BCUT2D eigenvalue weighted by Crippen LogP contribution is 2.42. The Bertz CT molecular complexity index is 1240. The Morgan fingerprint density at radius 2 is 1.69 bits per heavy atom. The molecule has 3 aromatic rings. The van der Waals surface area contributed by atoms with Gasteiger partial charge in [-0.3, -0.25) is 4.79 Å². The van der Waals surface area contributed by atoms with Crippen LogP contribution in [0.5, 0.6) is 5.75 Å². The number of halogens is 3. The van der Waals surface area contributed by atoms with Gasteiger partial charge < -0.3 is 19.4 Å². The standard InChI is InChI=1S/C28H30F3N3O2/c1-36-21-9-7-20(8-10-21)19-34-25-12-11-24(22-5-2-6-23(26(22)25)27(34)35)33-16-4-15-32(17-18-33)14-3-13-28(29,30)31/h2,5-12H,3-4,13-19H2,1H3. The first-order valence-electron chi connectivity index (χ1n) is 12.4. The highest BCUT2D eigenvalue weighted by Gasteiger charge is 2.31. The molecule has 2 aliphatic heterocycles. The second-order valence-electron chi connectivity index (χ2n) is 9.47. The van der Waals surface area contributed by atoms with Crippen LogP contribution in [0, 0.1) is 0 Å². The van der Waals surface area contributed by atoms with Crippen LogP contribution in [0.1, 0.15) is 35.2 Å². The Kier molecular flexibility index (Phi) is 6.79. The fraction of sp³-hybridized carbons (Fsp3) is 0.393. The molecule has 2 aliphatic rings. The van der Waals surface area contributed by atoms with E-state index < -0.39 is 12.6 Å². The van der Waals surface area contributed by atoms with E-state index in [4.69, 9.17) is 4.74 Å². The summed E-state index contributed by atoms with van der Waals surface area (Å²) in [7, 11) is 1.63. The van der Waals surface area contributed by atoms with Gasteiger partial charge in [-0.25, -0.2) is 0 Å². The summed E-state index contributed by atoms with van der Waals surface area (Å²) in [5.41, 5.74) is 3.72. The minimum atomic E-state index is -4.10. The minimum absolute atomic E-state index is 0.00438. The van der Waals surface area contributed by atoms with E-state index in [1.807, 2.05) is 47.4 Å². The molecule has 36 heavy (non-hydrogen) atoms. The van der Waals surface area contributed by atoms with Crippen LogP contribution in [0.15, 0.2) is 54.6 Å². The van der Waals surface area contributed by atoms with Crippen molar-refractivity contribution in [1.29, 1.82) is 0 Å². The SMILES string of the molecule is COc1ccc(CN2C(=O)c3cccc4c(N5CCCN(CCCC(F)(F)F)CC5)ccc2c34)cc1. The van der Waals surface area contributed by atoms with Gasteiger partial charge in [-0.2, -0.15) is 13.2 Å². The lowest BCUT2D eigenvalue weighted by molar-refractivity contribution is -0.136. The third-order valence-electron chi connectivity index (χ3n) is 7.13. The van der Waals surface area contributed by atoms with Crippen molar-refractivity contribution in [1.82, 2.24) is 4.90 Å². The zero-order valence-electron chi connectivity index (χ0n) is 20.4. The molecule has 0 N–H and O–H groups in total. The van der Waals surface area contributed by atoms with E-state index in [0.717, 1.165) is 66.1 Å². The van der Waals surface area contributed by atoms with E-state index in [0.29, 0.717) is 18.7 Å². The van der Waals surface area contributed by atoms with Crippen LogP contribution >= 0.6 is 0 Å². The maximum atomic E-state index is 13.4. The van der Waals surface area contributed by atoms with Gasteiger partial charge in [0.1, 0.15) is 5.75 Å². The van der Waals surface area contributed by atoms with E-state index in [1.54, 1.807) is 7.11 Å². The fourth-order valence-electron chi connectivity index (χ4n) is 5.32. The van der Waals surface area contributed by atoms with Crippen molar-refractivity contribution < 1.29 is 22.7 Å². The third kappa shape index (κ3) is 5.00. The maximum absolute atomic E-state index is 13.4. The summed E-state index contributed by atoms with van der Waals surface area (Å²) in [4.78, 5) is 19.6. The summed E-state index contributed by atoms with van der Waals surface area (Å²) in [6.45, 7) is 4.04. The molecule has 8 heteroatoms. The van der Waals surface area contributed by atoms with Crippen molar-refractivity contribution in [2.45, 2.75) is 32.0 Å². The first kappa shape index (κ1) is 24.4. The van der Waals surface area contributed by atoms with Gasteiger partial charge in [-0.15, -0.1) is 0 Å². The van der Waals surface area contributed by atoms with E-state index >= 15 is 0 Å². The summed E-state index contributed by atoms with van der Waals surface area (Å²) in [6, 6.07) is 17.7. The zero-order valence-corrected chi connectivity index (χ0v) is 20.4. The van der Waals surface area contributed by atoms with Gasteiger partial charge in [0.25, 0.3) is 5.91 Å². The van der Waals surface area contributed by atoms with Gasteiger partial charge in [-0.1, -0.05) is 24.3 Å². The van der Waals surface area contributed by atoms with E-state index in [1.165, 1.54) is 0 Å². The average Bonchev–Trinajstić information content (AvgIpc) is 3.00. The Balaban J connectivity index is 1.35. The molecule has 5 nitrogen and oxygen atoms in total. The number of rotatable bonds is 7. The molecule has 0 radical (unpaired) electrons. The molecule has 1 amide bonds. The first-order chi connectivity index (χ1) is 17.3. The number of hydrogen-bond donors (Lipinski definition) is 0. The number of anilines is 2. The lowest BCUT2D eigenvalue weighted by Gasteiger charge is -2.26. The highest BCUT2D eigenvalue weighted by atomic mass is 19.4. The number of methoxy groups -OCH3 is 1. The van der Waals surface area contributed by atoms with Gasteiger partial charge in [0, 0.05) is 48.1 Å². The average molecular weight is 498 g/mol. The molecule has 1 saturated heterocycles. The summed E-state index contributed by atoms with van der Waals surface area (Å²) >= 11 is 0. The topological polar surface area (TPSA) is 36.0 Å². The molecule has 2 heterocycles. The molecule has 0 saturated carbocycles. The number of ether oxygens (including phenoxy) is 1. The van der Waals surface area contributed by atoms with E-state index in [9.17, 15) is 18.0 Å². The van der Waals surface area contributed by atoms with Gasteiger partial charge in [-0.05, 0) is 61.8 Å².